The van der Waals surface area contributed by atoms with Crippen LogP contribution in [-0.4, -0.2) is 53.1 Å². The van der Waals surface area contributed by atoms with Crippen molar-refractivity contribution in [1.82, 2.24) is 9.80 Å². The zero-order valence-electron chi connectivity index (χ0n) is 21.7. The first-order valence-corrected chi connectivity index (χ1v) is 14.1. The zero-order chi connectivity index (χ0) is 26.8. The molecule has 0 radical (unpaired) electrons. The number of benzene rings is 2. The number of allylic oxidation sites excluding steroid dienone is 1. The molecule has 2 aliphatic rings. The highest BCUT2D eigenvalue weighted by atomic mass is 35.5. The predicted octanol–water partition coefficient (Wildman–Crippen LogP) is 6.38. The second-order valence-electron chi connectivity index (χ2n) is 10.1. The topological polar surface area (TPSA) is 64.1 Å². The Kier molecular flexibility index (Phi) is 7.88. The van der Waals surface area contributed by atoms with E-state index in [0.29, 0.717) is 37.6 Å². The van der Waals surface area contributed by atoms with Crippen LogP contribution in [0.2, 0.25) is 5.02 Å². The molecule has 0 bridgehead atoms. The van der Waals surface area contributed by atoms with Gasteiger partial charge in [0.15, 0.2) is 0 Å². The van der Waals surface area contributed by atoms with Gasteiger partial charge in [0.2, 0.25) is 5.91 Å². The standard InChI is InChI=1S/C30H32ClN3O3S/c1-20(2)12-15-32-19-26(35)34(17-13-21-8-4-3-5-9-21)29-27(28(32)22-10-6-7-11-24(22)31)23-14-16-33(30(36)37)18-25(23)38-29/h3-12,28H,13-19H2,1-2H3,(H,36,37). The van der Waals surface area contributed by atoms with E-state index in [4.69, 9.17) is 11.6 Å². The number of anilines is 1. The fraction of sp³-hybridized carbons (Fsp3) is 0.333. The Morgan fingerprint density at radius 2 is 1.84 bits per heavy atom. The molecular formula is C30H32ClN3O3S. The van der Waals surface area contributed by atoms with Crippen LogP contribution in [0, 0.1) is 0 Å². The third-order valence-corrected chi connectivity index (χ3v) is 8.87. The van der Waals surface area contributed by atoms with Gasteiger partial charge < -0.3 is 14.9 Å². The number of carboxylic acid groups (broad SMARTS) is 1. The van der Waals surface area contributed by atoms with Gasteiger partial charge in [0.1, 0.15) is 5.00 Å². The maximum atomic E-state index is 13.9. The van der Waals surface area contributed by atoms with E-state index in [0.717, 1.165) is 33.0 Å². The molecule has 1 unspecified atom stereocenters. The fourth-order valence-electron chi connectivity index (χ4n) is 5.34. The molecule has 2 amide bonds. The average molecular weight is 550 g/mol. The van der Waals surface area contributed by atoms with E-state index in [-0.39, 0.29) is 18.5 Å². The minimum atomic E-state index is -0.913. The second kappa shape index (κ2) is 11.3. The number of carbonyl (C=O) groups excluding carboxylic acids is 1. The van der Waals surface area contributed by atoms with Crippen LogP contribution in [0.25, 0.3) is 0 Å². The van der Waals surface area contributed by atoms with Gasteiger partial charge in [-0.1, -0.05) is 71.8 Å². The second-order valence-corrected chi connectivity index (χ2v) is 11.6. The first-order chi connectivity index (χ1) is 18.3. The van der Waals surface area contributed by atoms with Gasteiger partial charge in [-0.25, -0.2) is 4.79 Å². The number of thiophene rings is 1. The molecule has 6 nitrogen and oxygen atoms in total. The first kappa shape index (κ1) is 26.5. The SMILES string of the molecule is CC(C)=CCN1CC(=O)N(CCc2ccccc2)c2sc3c(c2C1c1ccccc1Cl)CCN(C(=O)O)C3. The summed E-state index contributed by atoms with van der Waals surface area (Å²) in [6, 6.07) is 17.9. The van der Waals surface area contributed by atoms with Crippen molar-refractivity contribution in [3.8, 4) is 0 Å². The Labute approximate surface area is 232 Å². The number of fused-ring (bicyclic) bond motifs is 3. The van der Waals surface area contributed by atoms with Crippen molar-refractivity contribution in [2.75, 3.05) is 31.1 Å². The van der Waals surface area contributed by atoms with E-state index in [1.165, 1.54) is 16.0 Å². The summed E-state index contributed by atoms with van der Waals surface area (Å²) in [6.07, 6.45) is 2.59. The lowest BCUT2D eigenvalue weighted by Crippen LogP contribution is -2.40. The summed E-state index contributed by atoms with van der Waals surface area (Å²) < 4.78 is 0. The van der Waals surface area contributed by atoms with E-state index >= 15 is 0 Å². The maximum absolute atomic E-state index is 13.9. The largest absolute Gasteiger partial charge is 0.465 e. The van der Waals surface area contributed by atoms with Gasteiger partial charge in [-0.3, -0.25) is 9.69 Å². The minimum absolute atomic E-state index is 0.0487. The molecular weight excluding hydrogens is 518 g/mol. The summed E-state index contributed by atoms with van der Waals surface area (Å²) in [5.74, 6) is 0.0487. The van der Waals surface area contributed by atoms with Gasteiger partial charge in [-0.15, -0.1) is 11.3 Å². The summed E-state index contributed by atoms with van der Waals surface area (Å²) in [7, 11) is 0. The van der Waals surface area contributed by atoms with E-state index < -0.39 is 6.09 Å². The Hall–Kier alpha value is -3.13. The maximum Gasteiger partial charge on any atom is 0.407 e. The first-order valence-electron chi connectivity index (χ1n) is 12.9. The highest BCUT2D eigenvalue weighted by Crippen LogP contribution is 2.49. The summed E-state index contributed by atoms with van der Waals surface area (Å²) in [5, 5.41) is 11.3. The molecule has 0 fully saturated rings. The normalized spacial score (nSPS) is 17.6. The number of carbonyl (C=O) groups is 2. The van der Waals surface area contributed by atoms with Gasteiger partial charge in [0, 0.05) is 35.1 Å². The number of halogens is 1. The van der Waals surface area contributed by atoms with Gasteiger partial charge >= 0.3 is 6.09 Å². The highest BCUT2D eigenvalue weighted by Gasteiger charge is 2.40. The third-order valence-electron chi connectivity index (χ3n) is 7.27. The van der Waals surface area contributed by atoms with E-state index in [1.807, 2.05) is 47.4 Å². The van der Waals surface area contributed by atoms with E-state index in [1.54, 1.807) is 11.3 Å². The number of amides is 2. The number of rotatable bonds is 6. The molecule has 0 aliphatic carbocycles. The highest BCUT2D eigenvalue weighted by molar-refractivity contribution is 7.16. The van der Waals surface area contributed by atoms with Crippen molar-refractivity contribution in [3.05, 3.63) is 98.4 Å². The molecule has 198 valence electrons. The quantitative estimate of drug-likeness (QED) is 0.362. The number of hydrogen-bond donors (Lipinski definition) is 1. The molecule has 0 saturated heterocycles. The summed E-state index contributed by atoms with van der Waals surface area (Å²) in [4.78, 5) is 32.4. The van der Waals surface area contributed by atoms with Crippen LogP contribution in [-0.2, 0) is 24.2 Å². The molecule has 1 atom stereocenters. The Morgan fingerprint density at radius 1 is 1.11 bits per heavy atom. The predicted molar refractivity (Wildman–Crippen MR) is 153 cm³/mol. The summed E-state index contributed by atoms with van der Waals surface area (Å²) in [5.41, 5.74) is 5.59. The molecule has 38 heavy (non-hydrogen) atoms. The van der Waals surface area contributed by atoms with Crippen LogP contribution in [0.3, 0.4) is 0 Å². The Morgan fingerprint density at radius 3 is 2.55 bits per heavy atom. The van der Waals surface area contributed by atoms with Gasteiger partial charge in [-0.2, -0.15) is 0 Å². The van der Waals surface area contributed by atoms with Crippen molar-refractivity contribution in [2.24, 2.45) is 0 Å². The Balaban J connectivity index is 1.66. The average Bonchev–Trinajstić information content (AvgIpc) is 3.22. The molecule has 1 N–H and O–H groups in total. The van der Waals surface area contributed by atoms with Crippen LogP contribution < -0.4 is 4.90 Å². The lowest BCUT2D eigenvalue weighted by atomic mass is 9.91. The van der Waals surface area contributed by atoms with Crippen LogP contribution in [0.15, 0.2) is 66.2 Å². The number of hydrogen-bond acceptors (Lipinski definition) is 4. The lowest BCUT2D eigenvalue weighted by Gasteiger charge is -2.32. The molecule has 2 aromatic carbocycles. The van der Waals surface area contributed by atoms with Crippen LogP contribution in [0.5, 0.6) is 0 Å². The smallest absolute Gasteiger partial charge is 0.407 e. The number of nitrogens with zero attached hydrogens (tertiary/aromatic N) is 3. The van der Waals surface area contributed by atoms with Crippen LogP contribution in [0.1, 0.15) is 47.0 Å². The van der Waals surface area contributed by atoms with Crippen molar-refractivity contribution in [3.63, 3.8) is 0 Å². The molecule has 5 rings (SSSR count). The van der Waals surface area contributed by atoms with Gasteiger partial charge in [0.05, 0.1) is 19.1 Å². The lowest BCUT2D eigenvalue weighted by molar-refractivity contribution is -0.119. The zero-order valence-corrected chi connectivity index (χ0v) is 23.3. The van der Waals surface area contributed by atoms with Crippen molar-refractivity contribution in [2.45, 2.75) is 39.3 Å². The van der Waals surface area contributed by atoms with Gasteiger partial charge in [0.25, 0.3) is 0 Å². The molecule has 8 heteroatoms. The molecule has 3 aromatic rings. The monoisotopic (exact) mass is 549 g/mol. The van der Waals surface area contributed by atoms with Crippen molar-refractivity contribution in [1.29, 1.82) is 0 Å². The molecule has 0 saturated carbocycles. The molecule has 3 heterocycles. The van der Waals surface area contributed by atoms with Gasteiger partial charge in [-0.05, 0) is 49.4 Å². The molecule has 0 spiro atoms. The summed E-state index contributed by atoms with van der Waals surface area (Å²) in [6.45, 7) is 6.35. The van der Waals surface area contributed by atoms with Crippen LogP contribution in [0.4, 0.5) is 9.80 Å². The third kappa shape index (κ3) is 5.37. The Bertz CT molecular complexity index is 1370. The molecule has 1 aromatic heterocycles. The summed E-state index contributed by atoms with van der Waals surface area (Å²) >= 11 is 8.38. The van der Waals surface area contributed by atoms with E-state index in [2.05, 4.69) is 37.0 Å². The van der Waals surface area contributed by atoms with Crippen molar-refractivity contribution < 1.29 is 14.7 Å². The van der Waals surface area contributed by atoms with E-state index in [9.17, 15) is 14.7 Å². The molecule has 2 aliphatic heterocycles. The minimum Gasteiger partial charge on any atom is -0.465 e. The van der Waals surface area contributed by atoms with Crippen molar-refractivity contribution >= 4 is 39.9 Å². The van der Waals surface area contributed by atoms with Crippen LogP contribution >= 0.6 is 22.9 Å². The fourth-order valence-corrected chi connectivity index (χ4v) is 7.01.